The van der Waals surface area contributed by atoms with Crippen LogP contribution in [0.4, 0.5) is 0 Å². The largest absolute Gasteiger partial charge is 0.364 e. The highest BCUT2D eigenvalue weighted by Crippen LogP contribution is 1.90. The molecule has 56 valence electrons. The number of terminal acetylenes is 1. The highest BCUT2D eigenvalue weighted by molar-refractivity contribution is 7.80. The van der Waals surface area contributed by atoms with E-state index in [1.807, 2.05) is 0 Å². The van der Waals surface area contributed by atoms with Gasteiger partial charge in [0.2, 0.25) is 0 Å². The van der Waals surface area contributed by atoms with Crippen LogP contribution in [0.25, 0.3) is 0 Å². The molecule has 0 atom stereocenters. The smallest absolute Gasteiger partial charge is 0.125 e. The van der Waals surface area contributed by atoms with Crippen LogP contribution in [0.15, 0.2) is 12.5 Å². The Morgan fingerprint density at radius 3 is 3.27 bits per heavy atom. The molecule has 1 aromatic heterocycles. The molecule has 1 rings (SSSR count). The monoisotopic (exact) mass is 165 g/mol. The molecule has 4 heteroatoms. The predicted octanol–water partition coefficient (Wildman–Crippen LogP) is 0.308. The Morgan fingerprint density at radius 1 is 1.91 bits per heavy atom. The first-order chi connectivity index (χ1) is 5.34. The second-order valence-electron chi connectivity index (χ2n) is 1.85. The van der Waals surface area contributed by atoms with Crippen LogP contribution in [0.3, 0.4) is 0 Å². The van der Waals surface area contributed by atoms with Crippen molar-refractivity contribution < 1.29 is 0 Å². The SMILES string of the molecule is C#CCNC(=S)c1cnc[nH]1. The normalized spacial score (nSPS) is 8.64. The van der Waals surface area contributed by atoms with Crippen molar-refractivity contribution in [3.63, 3.8) is 0 Å². The molecule has 0 radical (unpaired) electrons. The first kappa shape index (κ1) is 7.76. The van der Waals surface area contributed by atoms with Gasteiger partial charge in [0, 0.05) is 0 Å². The summed E-state index contributed by atoms with van der Waals surface area (Å²) in [7, 11) is 0. The minimum Gasteiger partial charge on any atom is -0.364 e. The van der Waals surface area contributed by atoms with E-state index in [1.54, 1.807) is 12.5 Å². The Hall–Kier alpha value is -1.34. The van der Waals surface area contributed by atoms with Crippen molar-refractivity contribution in [1.82, 2.24) is 15.3 Å². The minimum atomic E-state index is 0.442. The van der Waals surface area contributed by atoms with E-state index in [-0.39, 0.29) is 0 Å². The molecule has 0 aromatic carbocycles. The Balaban J connectivity index is 2.51. The van der Waals surface area contributed by atoms with Crippen LogP contribution in [0, 0.1) is 12.3 Å². The van der Waals surface area contributed by atoms with Gasteiger partial charge in [-0.1, -0.05) is 18.1 Å². The number of H-pyrrole nitrogens is 1. The number of nitrogens with zero attached hydrogens (tertiary/aromatic N) is 1. The fraction of sp³-hybridized carbons (Fsp3) is 0.143. The van der Waals surface area contributed by atoms with Crippen molar-refractivity contribution in [3.8, 4) is 12.3 Å². The van der Waals surface area contributed by atoms with E-state index in [2.05, 4.69) is 21.2 Å². The summed E-state index contributed by atoms with van der Waals surface area (Å²) in [6.07, 6.45) is 8.25. The quantitative estimate of drug-likeness (QED) is 0.489. The summed E-state index contributed by atoms with van der Waals surface area (Å²) in [6, 6.07) is 0. The van der Waals surface area contributed by atoms with Crippen LogP contribution >= 0.6 is 12.2 Å². The molecule has 2 N–H and O–H groups in total. The zero-order valence-electron chi connectivity index (χ0n) is 5.79. The zero-order chi connectivity index (χ0) is 8.10. The van der Waals surface area contributed by atoms with Gasteiger partial charge in [-0.25, -0.2) is 4.98 Å². The predicted molar refractivity (Wildman–Crippen MR) is 47.1 cm³/mol. The molecule has 11 heavy (non-hydrogen) atoms. The lowest BCUT2D eigenvalue weighted by Crippen LogP contribution is -2.22. The van der Waals surface area contributed by atoms with E-state index in [9.17, 15) is 0 Å². The lowest BCUT2D eigenvalue weighted by Gasteiger charge is -1.99. The van der Waals surface area contributed by atoms with E-state index >= 15 is 0 Å². The second kappa shape index (κ2) is 3.74. The molecule has 0 aliphatic rings. The lowest BCUT2D eigenvalue weighted by atomic mass is 10.4. The number of nitrogens with one attached hydrogen (secondary N) is 2. The summed E-state index contributed by atoms with van der Waals surface area (Å²) in [5.74, 6) is 2.43. The molecule has 0 aliphatic heterocycles. The van der Waals surface area contributed by atoms with E-state index in [1.165, 1.54) is 0 Å². The van der Waals surface area contributed by atoms with Gasteiger partial charge in [0.1, 0.15) is 4.99 Å². The van der Waals surface area contributed by atoms with Crippen LogP contribution in [0.5, 0.6) is 0 Å². The van der Waals surface area contributed by atoms with Crippen LogP contribution in [-0.2, 0) is 0 Å². The van der Waals surface area contributed by atoms with Crippen molar-refractivity contribution >= 4 is 17.2 Å². The van der Waals surface area contributed by atoms with Gasteiger partial charge in [0.05, 0.1) is 24.8 Å². The third kappa shape index (κ3) is 2.06. The van der Waals surface area contributed by atoms with Gasteiger partial charge < -0.3 is 10.3 Å². The summed E-state index contributed by atoms with van der Waals surface area (Å²) in [5, 5.41) is 2.86. The van der Waals surface area contributed by atoms with E-state index in [0.717, 1.165) is 5.69 Å². The number of aromatic nitrogens is 2. The van der Waals surface area contributed by atoms with Gasteiger partial charge in [-0.3, -0.25) is 0 Å². The number of aromatic amines is 1. The van der Waals surface area contributed by atoms with Crippen molar-refractivity contribution in [3.05, 3.63) is 18.2 Å². The summed E-state index contributed by atoms with van der Waals surface area (Å²) >= 11 is 4.96. The number of thiocarbonyl (C=S) groups is 1. The molecule has 0 amide bonds. The van der Waals surface area contributed by atoms with Gasteiger partial charge in [0.15, 0.2) is 0 Å². The molecule has 1 aromatic rings. The fourth-order valence-corrected chi connectivity index (χ4v) is 0.790. The number of imidazole rings is 1. The highest BCUT2D eigenvalue weighted by Gasteiger charge is 1.98. The molecule has 3 nitrogen and oxygen atoms in total. The molecule has 0 unspecified atom stereocenters. The van der Waals surface area contributed by atoms with Crippen molar-refractivity contribution in [2.45, 2.75) is 0 Å². The van der Waals surface area contributed by atoms with Crippen molar-refractivity contribution in [1.29, 1.82) is 0 Å². The highest BCUT2D eigenvalue weighted by atomic mass is 32.1. The third-order valence-electron chi connectivity index (χ3n) is 1.09. The van der Waals surface area contributed by atoms with Crippen LogP contribution in [0.1, 0.15) is 5.69 Å². The maximum absolute atomic E-state index is 5.03. The van der Waals surface area contributed by atoms with E-state index in [4.69, 9.17) is 18.6 Å². The van der Waals surface area contributed by atoms with Gasteiger partial charge in [0.25, 0.3) is 0 Å². The van der Waals surface area contributed by atoms with Crippen molar-refractivity contribution in [2.24, 2.45) is 0 Å². The van der Waals surface area contributed by atoms with Gasteiger partial charge in [-0.05, 0) is 0 Å². The second-order valence-corrected chi connectivity index (χ2v) is 2.26. The van der Waals surface area contributed by atoms with E-state index in [0.29, 0.717) is 11.5 Å². The zero-order valence-corrected chi connectivity index (χ0v) is 6.61. The summed E-state index contributed by atoms with van der Waals surface area (Å²) in [5.41, 5.74) is 0.787. The lowest BCUT2D eigenvalue weighted by molar-refractivity contribution is 1.08. The maximum atomic E-state index is 5.03. The first-order valence-electron chi connectivity index (χ1n) is 3.04. The molecular formula is C7H7N3S. The average Bonchev–Trinajstić information content (AvgIpc) is 2.52. The number of hydrogen-bond acceptors (Lipinski definition) is 2. The molecule has 0 spiro atoms. The molecular weight excluding hydrogens is 158 g/mol. The summed E-state index contributed by atoms with van der Waals surface area (Å²) in [4.78, 5) is 7.28. The van der Waals surface area contributed by atoms with Gasteiger partial charge in [-0.15, -0.1) is 6.42 Å². The molecule has 1 heterocycles. The van der Waals surface area contributed by atoms with Crippen LogP contribution < -0.4 is 5.32 Å². The van der Waals surface area contributed by atoms with Crippen LogP contribution in [0.2, 0.25) is 0 Å². The maximum Gasteiger partial charge on any atom is 0.125 e. The first-order valence-corrected chi connectivity index (χ1v) is 3.45. The molecule has 0 fully saturated rings. The number of hydrogen-bond donors (Lipinski definition) is 2. The molecule has 0 saturated heterocycles. The fourth-order valence-electron chi connectivity index (χ4n) is 0.607. The average molecular weight is 165 g/mol. The van der Waals surface area contributed by atoms with Crippen LogP contribution in [-0.4, -0.2) is 21.5 Å². The topological polar surface area (TPSA) is 40.7 Å². The van der Waals surface area contributed by atoms with Gasteiger partial charge >= 0.3 is 0 Å². The molecule has 0 saturated carbocycles. The molecule has 0 aliphatic carbocycles. The summed E-state index contributed by atoms with van der Waals surface area (Å²) < 4.78 is 0. The Kier molecular flexibility index (Phi) is 2.64. The number of rotatable bonds is 2. The van der Waals surface area contributed by atoms with E-state index < -0.39 is 0 Å². The standard InChI is InChI=1S/C7H7N3S/c1-2-3-9-7(11)6-4-8-5-10-6/h1,4-5H,3H2,(H,8,10)(H,9,11). The Labute approximate surface area is 70.2 Å². The van der Waals surface area contributed by atoms with Crippen molar-refractivity contribution in [2.75, 3.05) is 6.54 Å². The summed E-state index contributed by atoms with van der Waals surface area (Å²) in [6.45, 7) is 0.442. The Morgan fingerprint density at radius 2 is 2.73 bits per heavy atom. The minimum absolute atomic E-state index is 0.442. The Bertz CT molecular complexity index is 270. The molecule has 0 bridgehead atoms. The third-order valence-corrected chi connectivity index (χ3v) is 1.46. The van der Waals surface area contributed by atoms with Gasteiger partial charge in [-0.2, -0.15) is 0 Å².